The summed E-state index contributed by atoms with van der Waals surface area (Å²) in [5.74, 6) is 0.376. The van der Waals surface area contributed by atoms with Gasteiger partial charge in [-0.3, -0.25) is 4.79 Å². The zero-order chi connectivity index (χ0) is 14.1. The molecule has 2 aromatic carbocycles. The second kappa shape index (κ2) is 4.98. The predicted molar refractivity (Wildman–Crippen MR) is 78.8 cm³/mol. The fraction of sp³-hybridized carbons (Fsp3) is 0.0667. The Labute approximate surface area is 120 Å². The molecule has 0 aliphatic rings. The summed E-state index contributed by atoms with van der Waals surface area (Å²) >= 11 is 5.96. The Morgan fingerprint density at radius 3 is 2.85 bits per heavy atom. The third kappa shape index (κ3) is 2.51. The first-order valence-electron chi connectivity index (χ1n) is 6.06. The van der Waals surface area contributed by atoms with Crippen LogP contribution in [0.1, 0.15) is 6.92 Å². The zero-order valence-electron chi connectivity index (χ0n) is 10.7. The highest BCUT2D eigenvalue weighted by atomic mass is 35.5. The number of fused-ring (bicyclic) bond motifs is 1. The first-order chi connectivity index (χ1) is 9.61. The molecule has 100 valence electrons. The van der Waals surface area contributed by atoms with Gasteiger partial charge in [0.25, 0.3) is 0 Å². The van der Waals surface area contributed by atoms with E-state index >= 15 is 0 Å². The molecule has 0 unspecified atom stereocenters. The summed E-state index contributed by atoms with van der Waals surface area (Å²) in [4.78, 5) is 15.4. The molecule has 0 atom stereocenters. The third-order valence-corrected chi connectivity index (χ3v) is 3.02. The molecular formula is C15H11ClN2O2. The number of carbonyl (C=O) groups excluding carboxylic acids is 1. The highest BCUT2D eigenvalue weighted by Gasteiger charge is 2.09. The quantitative estimate of drug-likeness (QED) is 0.771. The number of carbonyl (C=O) groups is 1. The second-order valence-electron chi connectivity index (χ2n) is 4.39. The largest absolute Gasteiger partial charge is 0.436 e. The van der Waals surface area contributed by atoms with Crippen molar-refractivity contribution in [3.05, 3.63) is 47.5 Å². The highest BCUT2D eigenvalue weighted by Crippen LogP contribution is 2.27. The highest BCUT2D eigenvalue weighted by molar-refractivity contribution is 6.30. The van der Waals surface area contributed by atoms with Crippen molar-refractivity contribution in [2.24, 2.45) is 0 Å². The second-order valence-corrected chi connectivity index (χ2v) is 4.83. The molecule has 4 nitrogen and oxygen atoms in total. The van der Waals surface area contributed by atoms with Crippen molar-refractivity contribution in [1.82, 2.24) is 4.98 Å². The molecule has 1 N–H and O–H groups in total. The van der Waals surface area contributed by atoms with Crippen LogP contribution in [-0.4, -0.2) is 10.9 Å². The lowest BCUT2D eigenvalue weighted by Crippen LogP contribution is -2.05. The molecule has 0 bridgehead atoms. The minimum absolute atomic E-state index is 0.126. The molecule has 0 spiro atoms. The molecule has 3 rings (SSSR count). The maximum atomic E-state index is 11.0. The topological polar surface area (TPSA) is 55.1 Å². The van der Waals surface area contributed by atoms with Crippen molar-refractivity contribution in [3.8, 4) is 11.5 Å². The molecule has 0 fully saturated rings. The number of aromatic nitrogens is 1. The summed E-state index contributed by atoms with van der Waals surface area (Å²) in [5, 5.41) is 3.34. The summed E-state index contributed by atoms with van der Waals surface area (Å²) < 4.78 is 5.71. The van der Waals surface area contributed by atoms with E-state index in [-0.39, 0.29) is 5.91 Å². The van der Waals surface area contributed by atoms with Gasteiger partial charge in [-0.05, 0) is 30.3 Å². The van der Waals surface area contributed by atoms with Gasteiger partial charge in [0.05, 0.1) is 0 Å². The van der Waals surface area contributed by atoms with E-state index in [0.29, 0.717) is 22.2 Å². The minimum atomic E-state index is -0.126. The molecule has 1 heterocycles. The molecule has 1 amide bonds. The van der Waals surface area contributed by atoms with Crippen molar-refractivity contribution < 1.29 is 9.21 Å². The van der Waals surface area contributed by atoms with Gasteiger partial charge in [0.2, 0.25) is 11.8 Å². The Hall–Kier alpha value is -2.33. The number of nitrogens with one attached hydrogen (secondary N) is 1. The van der Waals surface area contributed by atoms with Crippen molar-refractivity contribution in [3.63, 3.8) is 0 Å². The minimum Gasteiger partial charge on any atom is -0.436 e. The number of rotatable bonds is 2. The number of hydrogen-bond donors (Lipinski definition) is 1. The number of amides is 1. The van der Waals surface area contributed by atoms with Gasteiger partial charge in [-0.2, -0.15) is 0 Å². The fourth-order valence-corrected chi connectivity index (χ4v) is 2.14. The average molecular weight is 287 g/mol. The van der Waals surface area contributed by atoms with E-state index in [4.69, 9.17) is 16.0 Å². The van der Waals surface area contributed by atoms with Crippen molar-refractivity contribution >= 4 is 34.3 Å². The molecule has 0 saturated heterocycles. The zero-order valence-corrected chi connectivity index (χ0v) is 11.4. The van der Waals surface area contributed by atoms with E-state index in [1.165, 1.54) is 6.92 Å². The lowest BCUT2D eigenvalue weighted by Gasteiger charge is -1.99. The number of hydrogen-bond acceptors (Lipinski definition) is 3. The van der Waals surface area contributed by atoms with Crippen molar-refractivity contribution in [2.75, 3.05) is 5.32 Å². The van der Waals surface area contributed by atoms with Crippen molar-refractivity contribution in [2.45, 2.75) is 6.92 Å². The van der Waals surface area contributed by atoms with E-state index in [0.717, 1.165) is 11.1 Å². The van der Waals surface area contributed by atoms with Crippen LogP contribution in [0.5, 0.6) is 0 Å². The van der Waals surface area contributed by atoms with Crippen LogP contribution in [0, 0.1) is 0 Å². The van der Waals surface area contributed by atoms with Crippen LogP contribution in [0.2, 0.25) is 5.02 Å². The lowest BCUT2D eigenvalue weighted by molar-refractivity contribution is -0.114. The average Bonchev–Trinajstić information content (AvgIpc) is 2.81. The smallest absolute Gasteiger partial charge is 0.227 e. The lowest BCUT2D eigenvalue weighted by atomic mass is 10.2. The molecular weight excluding hydrogens is 276 g/mol. The number of halogens is 1. The fourth-order valence-electron chi connectivity index (χ4n) is 1.95. The van der Waals surface area contributed by atoms with E-state index < -0.39 is 0 Å². The van der Waals surface area contributed by atoms with Crippen LogP contribution in [0.15, 0.2) is 46.9 Å². The Kier molecular flexibility index (Phi) is 3.16. The number of oxazole rings is 1. The molecule has 5 heteroatoms. The summed E-state index contributed by atoms with van der Waals surface area (Å²) in [5.41, 5.74) is 2.84. The van der Waals surface area contributed by atoms with Gasteiger partial charge < -0.3 is 9.73 Å². The van der Waals surface area contributed by atoms with Gasteiger partial charge >= 0.3 is 0 Å². The summed E-state index contributed by atoms with van der Waals surface area (Å²) in [6, 6.07) is 12.6. The van der Waals surface area contributed by atoms with Crippen LogP contribution in [0.3, 0.4) is 0 Å². The molecule has 0 saturated carbocycles. The molecule has 0 aliphatic carbocycles. The van der Waals surface area contributed by atoms with Gasteiger partial charge in [0.1, 0.15) is 5.52 Å². The van der Waals surface area contributed by atoms with Crippen LogP contribution >= 0.6 is 11.6 Å². The molecule has 0 aliphatic heterocycles. The van der Waals surface area contributed by atoms with Gasteiger partial charge in [0.15, 0.2) is 5.58 Å². The summed E-state index contributed by atoms with van der Waals surface area (Å²) in [7, 11) is 0. The van der Waals surface area contributed by atoms with E-state index in [1.807, 2.05) is 12.1 Å². The van der Waals surface area contributed by atoms with E-state index in [2.05, 4.69) is 10.3 Å². The van der Waals surface area contributed by atoms with Crippen LogP contribution in [0.25, 0.3) is 22.6 Å². The normalized spacial score (nSPS) is 10.7. The number of benzene rings is 2. The maximum Gasteiger partial charge on any atom is 0.227 e. The molecule has 1 aromatic heterocycles. The van der Waals surface area contributed by atoms with Crippen LogP contribution in [-0.2, 0) is 4.79 Å². The Morgan fingerprint density at radius 1 is 1.25 bits per heavy atom. The summed E-state index contributed by atoms with van der Waals surface area (Å²) in [6.45, 7) is 1.46. The Bertz CT molecular complexity index is 795. The van der Waals surface area contributed by atoms with Gasteiger partial charge in [0, 0.05) is 29.3 Å². The predicted octanol–water partition coefficient (Wildman–Crippen LogP) is 4.11. The van der Waals surface area contributed by atoms with Gasteiger partial charge in [-0.1, -0.05) is 17.7 Å². The van der Waals surface area contributed by atoms with E-state index in [1.54, 1.807) is 30.3 Å². The first-order valence-corrected chi connectivity index (χ1v) is 6.44. The monoisotopic (exact) mass is 286 g/mol. The number of nitrogens with zero attached hydrogens (tertiary/aromatic N) is 1. The molecule has 3 aromatic rings. The van der Waals surface area contributed by atoms with Crippen LogP contribution in [0.4, 0.5) is 5.69 Å². The Balaban J connectivity index is 2.04. The number of anilines is 1. The van der Waals surface area contributed by atoms with Crippen LogP contribution < -0.4 is 5.32 Å². The third-order valence-electron chi connectivity index (χ3n) is 2.78. The summed E-state index contributed by atoms with van der Waals surface area (Å²) in [6.07, 6.45) is 0. The standard InChI is InChI=1S/C15H11ClN2O2/c1-9(19)17-12-5-6-13-14(8-12)20-15(18-13)10-3-2-4-11(16)7-10/h2-8H,1H3,(H,17,19). The molecule has 0 radical (unpaired) electrons. The first kappa shape index (κ1) is 12.7. The Morgan fingerprint density at radius 2 is 2.10 bits per heavy atom. The maximum absolute atomic E-state index is 11.0. The van der Waals surface area contributed by atoms with E-state index in [9.17, 15) is 4.79 Å². The van der Waals surface area contributed by atoms with Gasteiger partial charge in [-0.25, -0.2) is 4.98 Å². The molecule has 20 heavy (non-hydrogen) atoms. The van der Waals surface area contributed by atoms with Crippen molar-refractivity contribution in [1.29, 1.82) is 0 Å². The van der Waals surface area contributed by atoms with Gasteiger partial charge in [-0.15, -0.1) is 0 Å². The SMILES string of the molecule is CC(=O)Nc1ccc2nc(-c3cccc(Cl)c3)oc2c1.